The van der Waals surface area contributed by atoms with E-state index in [0.29, 0.717) is 24.3 Å². The van der Waals surface area contributed by atoms with Crippen molar-refractivity contribution in [2.45, 2.75) is 32.7 Å². The maximum atomic E-state index is 12.3. The summed E-state index contributed by atoms with van der Waals surface area (Å²) in [5.74, 6) is -0.477. The Morgan fingerprint density at radius 1 is 1.18 bits per heavy atom. The van der Waals surface area contributed by atoms with Gasteiger partial charge in [-0.05, 0) is 44.5 Å². The van der Waals surface area contributed by atoms with Gasteiger partial charge in [-0.15, -0.1) is 0 Å². The number of carbonyl (C=O) groups excluding carboxylic acids is 3. The second-order valence-electron chi connectivity index (χ2n) is 6.58. The van der Waals surface area contributed by atoms with Gasteiger partial charge in [-0.3, -0.25) is 14.4 Å². The highest BCUT2D eigenvalue weighted by atomic mass is 32.2. The molecule has 2 rings (SSSR count). The van der Waals surface area contributed by atoms with Crippen molar-refractivity contribution in [1.29, 1.82) is 0 Å². The lowest BCUT2D eigenvalue weighted by molar-refractivity contribution is -0.153. The molecule has 0 N–H and O–H groups in total. The van der Waals surface area contributed by atoms with E-state index in [0.717, 1.165) is 0 Å². The molecule has 1 aromatic rings. The van der Waals surface area contributed by atoms with E-state index in [1.54, 1.807) is 31.2 Å². The highest BCUT2D eigenvalue weighted by Gasteiger charge is 2.34. The van der Waals surface area contributed by atoms with Crippen LogP contribution in [0, 0.1) is 0 Å². The summed E-state index contributed by atoms with van der Waals surface area (Å²) in [7, 11) is -3.10. The van der Waals surface area contributed by atoms with Crippen LogP contribution in [-0.2, 0) is 24.2 Å². The van der Waals surface area contributed by atoms with E-state index in [-0.39, 0.29) is 36.4 Å². The van der Waals surface area contributed by atoms with Gasteiger partial charge in [0.15, 0.2) is 22.2 Å². The van der Waals surface area contributed by atoms with Crippen molar-refractivity contribution in [3.05, 3.63) is 29.8 Å². The second-order valence-corrected chi connectivity index (χ2v) is 8.81. The molecular weight excluding hydrogens is 386 g/mol. The monoisotopic (exact) mass is 411 g/mol. The molecule has 0 radical (unpaired) electrons. The Kier molecular flexibility index (Phi) is 7.56. The smallest absolute Gasteiger partial charge is 0.309 e. The number of ether oxygens (including phenoxy) is 2. The Bertz CT molecular complexity index is 817. The van der Waals surface area contributed by atoms with Crippen LogP contribution in [0.15, 0.2) is 24.3 Å². The summed E-state index contributed by atoms with van der Waals surface area (Å²) in [5, 5.41) is 0. The van der Waals surface area contributed by atoms with E-state index < -0.39 is 28.3 Å². The first-order chi connectivity index (χ1) is 13.2. The molecule has 1 unspecified atom stereocenters. The number of rotatable bonds is 9. The van der Waals surface area contributed by atoms with Gasteiger partial charge in [0.1, 0.15) is 5.75 Å². The molecule has 0 aromatic heterocycles. The zero-order valence-electron chi connectivity index (χ0n) is 16.0. The van der Waals surface area contributed by atoms with Crippen molar-refractivity contribution in [3.63, 3.8) is 0 Å². The number of nitrogens with zero attached hydrogens (tertiary/aromatic N) is 1. The van der Waals surface area contributed by atoms with Crippen LogP contribution in [0.3, 0.4) is 0 Å². The fourth-order valence-electron chi connectivity index (χ4n) is 2.99. The van der Waals surface area contributed by atoms with Crippen LogP contribution in [0.4, 0.5) is 0 Å². The minimum atomic E-state index is -3.10. The van der Waals surface area contributed by atoms with Gasteiger partial charge >= 0.3 is 5.97 Å². The summed E-state index contributed by atoms with van der Waals surface area (Å²) in [5.41, 5.74) is 0.570. The Morgan fingerprint density at radius 2 is 1.86 bits per heavy atom. The van der Waals surface area contributed by atoms with Crippen LogP contribution < -0.4 is 4.74 Å². The standard InChI is InChI=1S/C19H25NO7S/c1-3-20(16-9-11-28(24,25)13-16)18(22)12-27-19(23)8-10-26-17-6-4-15(5-7-17)14(2)21/h4-7,16H,3,8-13H2,1-2H3. The molecule has 9 heteroatoms. The molecule has 0 spiro atoms. The second kappa shape index (κ2) is 9.68. The molecule has 1 atom stereocenters. The summed E-state index contributed by atoms with van der Waals surface area (Å²) in [6, 6.07) is 6.19. The van der Waals surface area contributed by atoms with Gasteiger partial charge in [0.25, 0.3) is 5.91 Å². The predicted octanol–water partition coefficient (Wildman–Crippen LogP) is 1.24. The molecule has 1 amide bonds. The number of hydrogen-bond donors (Lipinski definition) is 0. The summed E-state index contributed by atoms with van der Waals surface area (Å²) in [6.07, 6.45) is 0.373. The molecule has 8 nitrogen and oxygen atoms in total. The van der Waals surface area contributed by atoms with Gasteiger partial charge in [-0.1, -0.05) is 0 Å². The Balaban J connectivity index is 1.72. The zero-order valence-corrected chi connectivity index (χ0v) is 16.9. The quantitative estimate of drug-likeness (QED) is 0.444. The lowest BCUT2D eigenvalue weighted by atomic mass is 10.1. The molecule has 1 aliphatic heterocycles. The predicted molar refractivity (Wildman–Crippen MR) is 102 cm³/mol. The Hall–Kier alpha value is -2.42. The van der Waals surface area contributed by atoms with Crippen LogP contribution in [0.1, 0.15) is 37.0 Å². The third-order valence-electron chi connectivity index (χ3n) is 4.50. The molecule has 1 heterocycles. The normalized spacial score (nSPS) is 17.7. The lowest BCUT2D eigenvalue weighted by Gasteiger charge is -2.26. The average Bonchev–Trinajstić information content (AvgIpc) is 3.00. The first-order valence-corrected chi connectivity index (χ1v) is 10.9. The van der Waals surface area contributed by atoms with Crippen molar-refractivity contribution >= 4 is 27.5 Å². The van der Waals surface area contributed by atoms with Gasteiger partial charge in [0.2, 0.25) is 0 Å². The number of ketones is 1. The van der Waals surface area contributed by atoms with E-state index in [4.69, 9.17) is 9.47 Å². The van der Waals surface area contributed by atoms with Crippen molar-refractivity contribution in [3.8, 4) is 5.75 Å². The van der Waals surface area contributed by atoms with Crippen molar-refractivity contribution < 1.29 is 32.3 Å². The van der Waals surface area contributed by atoms with Gasteiger partial charge in [0, 0.05) is 18.2 Å². The minimum Gasteiger partial charge on any atom is -0.493 e. The van der Waals surface area contributed by atoms with Gasteiger partial charge in [0.05, 0.1) is 24.5 Å². The van der Waals surface area contributed by atoms with E-state index in [2.05, 4.69) is 0 Å². The molecule has 1 aliphatic rings. The molecule has 0 saturated carbocycles. The summed E-state index contributed by atoms with van der Waals surface area (Å²) in [4.78, 5) is 36.7. The number of carbonyl (C=O) groups is 3. The molecule has 154 valence electrons. The molecule has 0 bridgehead atoms. The van der Waals surface area contributed by atoms with Crippen LogP contribution in [-0.4, -0.2) is 68.3 Å². The number of amides is 1. The molecule has 0 aliphatic carbocycles. The van der Waals surface area contributed by atoms with E-state index in [1.807, 2.05) is 0 Å². The van der Waals surface area contributed by atoms with Crippen molar-refractivity contribution in [2.24, 2.45) is 0 Å². The maximum absolute atomic E-state index is 12.3. The molecule has 1 aromatic carbocycles. The third kappa shape index (κ3) is 6.33. The van der Waals surface area contributed by atoms with Crippen LogP contribution >= 0.6 is 0 Å². The van der Waals surface area contributed by atoms with Gasteiger partial charge in [-0.2, -0.15) is 0 Å². The van der Waals surface area contributed by atoms with Gasteiger partial charge in [-0.25, -0.2) is 8.42 Å². The summed E-state index contributed by atoms with van der Waals surface area (Å²) >= 11 is 0. The van der Waals surface area contributed by atoms with Gasteiger partial charge < -0.3 is 14.4 Å². The van der Waals surface area contributed by atoms with E-state index >= 15 is 0 Å². The first-order valence-electron chi connectivity index (χ1n) is 9.11. The van der Waals surface area contributed by atoms with Crippen LogP contribution in [0.2, 0.25) is 0 Å². The van der Waals surface area contributed by atoms with Crippen molar-refractivity contribution in [1.82, 2.24) is 4.90 Å². The fraction of sp³-hybridized carbons (Fsp3) is 0.526. The molecule has 28 heavy (non-hydrogen) atoms. The number of hydrogen-bond acceptors (Lipinski definition) is 7. The Morgan fingerprint density at radius 3 is 2.39 bits per heavy atom. The zero-order chi connectivity index (χ0) is 20.7. The number of esters is 1. The molecular formula is C19H25NO7S. The van der Waals surface area contributed by atoms with E-state index in [9.17, 15) is 22.8 Å². The number of Topliss-reactive ketones (excluding diaryl/α,β-unsaturated/α-hetero) is 1. The van der Waals surface area contributed by atoms with Crippen LogP contribution in [0.25, 0.3) is 0 Å². The molecule has 1 saturated heterocycles. The first kappa shape index (κ1) is 21.9. The SMILES string of the molecule is CCN(C(=O)COC(=O)CCOc1ccc(C(C)=O)cc1)C1CCS(=O)(=O)C1. The topological polar surface area (TPSA) is 107 Å². The Labute approximate surface area is 164 Å². The highest BCUT2D eigenvalue weighted by Crippen LogP contribution is 2.18. The minimum absolute atomic E-state index is 0.0360. The third-order valence-corrected chi connectivity index (χ3v) is 6.25. The summed E-state index contributed by atoms with van der Waals surface area (Å²) < 4.78 is 33.6. The number of likely N-dealkylation sites (N-methyl/N-ethyl adjacent to an activating group) is 1. The fourth-order valence-corrected chi connectivity index (χ4v) is 4.73. The molecule has 1 fully saturated rings. The number of sulfone groups is 1. The highest BCUT2D eigenvalue weighted by molar-refractivity contribution is 7.91. The van der Waals surface area contributed by atoms with Crippen molar-refractivity contribution in [2.75, 3.05) is 31.3 Å². The van der Waals surface area contributed by atoms with Crippen LogP contribution in [0.5, 0.6) is 5.75 Å². The average molecular weight is 411 g/mol. The summed E-state index contributed by atoms with van der Waals surface area (Å²) in [6.45, 7) is 3.24. The maximum Gasteiger partial charge on any atom is 0.309 e. The largest absolute Gasteiger partial charge is 0.493 e. The number of benzene rings is 1. The lowest BCUT2D eigenvalue weighted by Crippen LogP contribution is -2.43. The van der Waals surface area contributed by atoms with E-state index in [1.165, 1.54) is 11.8 Å².